The molecule has 1 amide bonds. The zero-order valence-corrected chi connectivity index (χ0v) is 9.55. The van der Waals surface area contributed by atoms with Gasteiger partial charge in [0.1, 0.15) is 6.54 Å². The van der Waals surface area contributed by atoms with Gasteiger partial charge in [-0.2, -0.15) is 5.10 Å². The fraction of sp³-hybridized carbons (Fsp3) is 0.167. The van der Waals surface area contributed by atoms with Crippen molar-refractivity contribution in [3.63, 3.8) is 0 Å². The molecule has 1 aromatic heterocycles. The van der Waals surface area contributed by atoms with Gasteiger partial charge < -0.3 is 11.1 Å². The molecule has 88 valence electrons. The fourth-order valence-electron chi connectivity index (χ4n) is 1.54. The Morgan fingerprint density at radius 3 is 3.00 bits per heavy atom. The maximum absolute atomic E-state index is 11.2. The molecule has 0 radical (unpaired) electrons. The summed E-state index contributed by atoms with van der Waals surface area (Å²) in [6, 6.07) is 7.55. The van der Waals surface area contributed by atoms with E-state index in [1.807, 2.05) is 30.5 Å². The molecular formula is C12H14N4O. The maximum Gasteiger partial charge on any atom is 0.241 e. The van der Waals surface area contributed by atoms with Gasteiger partial charge in [-0.15, -0.1) is 0 Å². The van der Waals surface area contributed by atoms with E-state index in [0.717, 1.165) is 11.1 Å². The third kappa shape index (κ3) is 2.63. The average Bonchev–Trinajstić information content (AvgIpc) is 2.77. The molecule has 0 aliphatic heterocycles. The van der Waals surface area contributed by atoms with Crippen molar-refractivity contribution in [3.8, 4) is 11.1 Å². The number of nitrogens with zero attached hydrogens (tertiary/aromatic N) is 2. The Morgan fingerprint density at radius 1 is 1.47 bits per heavy atom. The molecule has 3 N–H and O–H groups in total. The molecule has 1 heterocycles. The molecule has 0 fully saturated rings. The fourth-order valence-corrected chi connectivity index (χ4v) is 1.54. The van der Waals surface area contributed by atoms with E-state index in [2.05, 4.69) is 10.4 Å². The van der Waals surface area contributed by atoms with Crippen LogP contribution in [0.3, 0.4) is 0 Å². The van der Waals surface area contributed by atoms with Gasteiger partial charge in [0.15, 0.2) is 0 Å². The van der Waals surface area contributed by atoms with Crippen molar-refractivity contribution in [3.05, 3.63) is 36.7 Å². The highest BCUT2D eigenvalue weighted by Crippen LogP contribution is 2.20. The van der Waals surface area contributed by atoms with Gasteiger partial charge >= 0.3 is 0 Å². The summed E-state index contributed by atoms with van der Waals surface area (Å²) in [5.41, 5.74) is 8.36. The van der Waals surface area contributed by atoms with Gasteiger partial charge in [0.2, 0.25) is 5.91 Å². The molecule has 5 nitrogen and oxygen atoms in total. The van der Waals surface area contributed by atoms with Crippen molar-refractivity contribution < 1.29 is 4.79 Å². The van der Waals surface area contributed by atoms with Crippen LogP contribution in [-0.4, -0.2) is 22.7 Å². The number of aromatic nitrogens is 2. The number of nitrogens with two attached hydrogens (primary N) is 1. The predicted octanol–water partition coefficient (Wildman–Crippen LogP) is 0.878. The number of carbonyl (C=O) groups is 1. The highest BCUT2D eigenvalue weighted by molar-refractivity contribution is 5.75. The van der Waals surface area contributed by atoms with E-state index in [1.165, 1.54) is 0 Å². The first kappa shape index (κ1) is 11.2. The number of carbonyl (C=O) groups excluding carboxylic acids is 1. The largest absolute Gasteiger partial charge is 0.399 e. The second-order valence-electron chi connectivity index (χ2n) is 3.73. The smallest absolute Gasteiger partial charge is 0.241 e. The van der Waals surface area contributed by atoms with E-state index < -0.39 is 0 Å². The van der Waals surface area contributed by atoms with E-state index in [1.54, 1.807) is 17.9 Å². The first-order valence-electron chi connectivity index (χ1n) is 5.28. The molecule has 0 saturated heterocycles. The van der Waals surface area contributed by atoms with Gasteiger partial charge in [-0.05, 0) is 17.7 Å². The molecule has 17 heavy (non-hydrogen) atoms. The van der Waals surface area contributed by atoms with Crippen LogP contribution in [0.4, 0.5) is 5.69 Å². The van der Waals surface area contributed by atoms with Gasteiger partial charge in [-0.25, -0.2) is 0 Å². The summed E-state index contributed by atoms with van der Waals surface area (Å²) < 4.78 is 1.59. The number of benzene rings is 1. The SMILES string of the molecule is CNC(=O)Cn1cc(-c2cccc(N)c2)cn1. The average molecular weight is 230 g/mol. The normalized spacial score (nSPS) is 10.2. The lowest BCUT2D eigenvalue weighted by Crippen LogP contribution is -2.23. The molecule has 2 rings (SSSR count). The van der Waals surface area contributed by atoms with Crippen molar-refractivity contribution in [1.82, 2.24) is 15.1 Å². The molecule has 0 saturated carbocycles. The minimum atomic E-state index is -0.0766. The van der Waals surface area contributed by atoms with Crippen LogP contribution in [0.2, 0.25) is 0 Å². The number of hydrogen-bond donors (Lipinski definition) is 2. The summed E-state index contributed by atoms with van der Waals surface area (Å²) in [4.78, 5) is 11.2. The van der Waals surface area contributed by atoms with Crippen LogP contribution in [0, 0.1) is 0 Å². The monoisotopic (exact) mass is 230 g/mol. The van der Waals surface area contributed by atoms with Gasteiger partial charge in [-0.1, -0.05) is 12.1 Å². The van der Waals surface area contributed by atoms with Gasteiger partial charge in [0.25, 0.3) is 0 Å². The lowest BCUT2D eigenvalue weighted by atomic mass is 10.1. The van der Waals surface area contributed by atoms with E-state index in [9.17, 15) is 4.79 Å². The van der Waals surface area contributed by atoms with Gasteiger partial charge in [0, 0.05) is 24.5 Å². The number of hydrogen-bond acceptors (Lipinski definition) is 3. The first-order valence-corrected chi connectivity index (χ1v) is 5.28. The molecular weight excluding hydrogens is 216 g/mol. The summed E-state index contributed by atoms with van der Waals surface area (Å²) in [5, 5.41) is 6.68. The van der Waals surface area contributed by atoms with Crippen LogP contribution in [0.1, 0.15) is 0 Å². The van der Waals surface area contributed by atoms with Crippen molar-refractivity contribution in [2.24, 2.45) is 0 Å². The Morgan fingerprint density at radius 2 is 2.29 bits per heavy atom. The highest BCUT2D eigenvalue weighted by Gasteiger charge is 2.04. The second kappa shape index (κ2) is 4.69. The molecule has 0 aliphatic carbocycles. The minimum absolute atomic E-state index is 0.0766. The molecule has 2 aromatic rings. The Hall–Kier alpha value is -2.30. The summed E-state index contributed by atoms with van der Waals surface area (Å²) >= 11 is 0. The number of nitrogen functional groups attached to an aromatic ring is 1. The molecule has 0 aliphatic rings. The van der Waals surface area contributed by atoms with E-state index in [4.69, 9.17) is 5.73 Å². The van der Waals surface area contributed by atoms with Gasteiger partial charge in [-0.3, -0.25) is 9.48 Å². The Balaban J connectivity index is 2.21. The van der Waals surface area contributed by atoms with E-state index in [0.29, 0.717) is 5.69 Å². The van der Waals surface area contributed by atoms with Crippen molar-refractivity contribution in [1.29, 1.82) is 0 Å². The van der Waals surface area contributed by atoms with Crippen LogP contribution in [0.5, 0.6) is 0 Å². The number of likely N-dealkylation sites (N-methyl/N-ethyl adjacent to an activating group) is 1. The lowest BCUT2D eigenvalue weighted by Gasteiger charge is -2.00. The van der Waals surface area contributed by atoms with Crippen LogP contribution >= 0.6 is 0 Å². The Bertz CT molecular complexity index is 533. The third-order valence-electron chi connectivity index (χ3n) is 2.44. The number of nitrogens with one attached hydrogen (secondary N) is 1. The number of anilines is 1. The van der Waals surface area contributed by atoms with Crippen molar-refractivity contribution in [2.45, 2.75) is 6.54 Å². The zero-order valence-electron chi connectivity index (χ0n) is 9.55. The molecule has 0 atom stereocenters. The maximum atomic E-state index is 11.2. The second-order valence-corrected chi connectivity index (χ2v) is 3.73. The van der Waals surface area contributed by atoms with Gasteiger partial charge in [0.05, 0.1) is 6.20 Å². The lowest BCUT2D eigenvalue weighted by molar-refractivity contribution is -0.121. The molecule has 5 heteroatoms. The third-order valence-corrected chi connectivity index (χ3v) is 2.44. The van der Waals surface area contributed by atoms with Crippen molar-refractivity contribution in [2.75, 3.05) is 12.8 Å². The predicted molar refractivity (Wildman–Crippen MR) is 66.1 cm³/mol. The molecule has 1 aromatic carbocycles. The van der Waals surface area contributed by atoms with E-state index in [-0.39, 0.29) is 12.5 Å². The van der Waals surface area contributed by atoms with Crippen LogP contribution in [0.25, 0.3) is 11.1 Å². The minimum Gasteiger partial charge on any atom is -0.399 e. The first-order chi connectivity index (χ1) is 8.19. The highest BCUT2D eigenvalue weighted by atomic mass is 16.1. The molecule has 0 spiro atoms. The van der Waals surface area contributed by atoms with Crippen molar-refractivity contribution >= 4 is 11.6 Å². The van der Waals surface area contributed by atoms with Crippen LogP contribution in [0.15, 0.2) is 36.7 Å². The number of amides is 1. The molecule has 0 bridgehead atoms. The molecule has 0 unspecified atom stereocenters. The topological polar surface area (TPSA) is 72.9 Å². The summed E-state index contributed by atoms with van der Waals surface area (Å²) in [6.07, 6.45) is 3.54. The Kier molecular flexibility index (Phi) is 3.09. The van der Waals surface area contributed by atoms with Crippen LogP contribution < -0.4 is 11.1 Å². The Labute approximate surface area is 99.2 Å². The number of rotatable bonds is 3. The summed E-state index contributed by atoms with van der Waals surface area (Å²) in [7, 11) is 1.60. The standard InChI is InChI=1S/C12H14N4O/c1-14-12(17)8-16-7-10(6-15-16)9-3-2-4-11(13)5-9/h2-7H,8,13H2,1H3,(H,14,17). The summed E-state index contributed by atoms with van der Waals surface area (Å²) in [5.74, 6) is -0.0766. The summed E-state index contributed by atoms with van der Waals surface area (Å²) in [6.45, 7) is 0.221. The van der Waals surface area contributed by atoms with E-state index >= 15 is 0 Å². The zero-order chi connectivity index (χ0) is 12.3. The quantitative estimate of drug-likeness (QED) is 0.769. The van der Waals surface area contributed by atoms with Crippen LogP contribution in [-0.2, 0) is 11.3 Å².